The number of carbonyl (C=O) groups is 2. The number of rotatable bonds is 10. The molecule has 30 heavy (non-hydrogen) atoms. The van der Waals surface area contributed by atoms with E-state index in [0.717, 1.165) is 17.7 Å². The number of carbonyl (C=O) groups excluding carboxylic acids is 2. The molecular weight excluding hydrogens is 382 g/mol. The number of esters is 1. The Morgan fingerprint density at radius 3 is 2.40 bits per heavy atom. The number of benzene rings is 2. The van der Waals surface area contributed by atoms with Gasteiger partial charge in [-0.3, -0.25) is 4.79 Å². The van der Waals surface area contributed by atoms with Crippen molar-refractivity contribution in [3.8, 4) is 11.5 Å². The van der Waals surface area contributed by atoms with Gasteiger partial charge < -0.3 is 19.5 Å². The molecule has 6 nitrogen and oxygen atoms in total. The molecule has 6 heteroatoms. The van der Waals surface area contributed by atoms with E-state index in [1.54, 1.807) is 18.2 Å². The van der Waals surface area contributed by atoms with Crippen LogP contribution in [-0.2, 0) is 9.53 Å². The van der Waals surface area contributed by atoms with E-state index < -0.39 is 11.9 Å². The molecular formula is C24H31NO5. The molecule has 0 aliphatic heterocycles. The third-order valence-corrected chi connectivity index (χ3v) is 4.54. The predicted molar refractivity (Wildman–Crippen MR) is 117 cm³/mol. The van der Waals surface area contributed by atoms with Crippen LogP contribution < -0.4 is 14.8 Å². The molecule has 2 rings (SSSR count). The van der Waals surface area contributed by atoms with Crippen molar-refractivity contribution in [1.82, 2.24) is 0 Å². The fraction of sp³-hybridized carbons (Fsp3) is 0.417. The molecule has 0 radical (unpaired) electrons. The van der Waals surface area contributed by atoms with E-state index in [9.17, 15) is 9.59 Å². The second-order valence-corrected chi connectivity index (χ2v) is 7.76. The van der Waals surface area contributed by atoms with E-state index in [4.69, 9.17) is 14.2 Å². The van der Waals surface area contributed by atoms with E-state index in [1.165, 1.54) is 7.11 Å². The summed E-state index contributed by atoms with van der Waals surface area (Å²) < 4.78 is 16.2. The van der Waals surface area contributed by atoms with Crippen molar-refractivity contribution in [3.05, 3.63) is 53.6 Å². The van der Waals surface area contributed by atoms with E-state index in [-0.39, 0.29) is 12.5 Å². The maximum absolute atomic E-state index is 12.4. The first-order chi connectivity index (χ1) is 14.3. The maximum Gasteiger partial charge on any atom is 0.338 e. The number of amides is 1. The maximum atomic E-state index is 12.4. The van der Waals surface area contributed by atoms with Crippen LogP contribution in [0.5, 0.6) is 11.5 Å². The van der Waals surface area contributed by atoms with Gasteiger partial charge in [-0.1, -0.05) is 45.9 Å². The van der Waals surface area contributed by atoms with E-state index in [2.05, 4.69) is 33.0 Å². The van der Waals surface area contributed by atoms with E-state index >= 15 is 0 Å². The molecule has 0 atom stereocenters. The zero-order valence-corrected chi connectivity index (χ0v) is 18.4. The Kier molecular flexibility index (Phi) is 8.71. The molecule has 0 saturated carbocycles. The molecule has 0 heterocycles. The standard InChI is InChI=1S/C24H31NO5/c1-16(2)12-13-29-21-11-10-18(14-22(21)28-5)24(27)30-15-23(26)25-20-9-7-6-8-19(20)17(3)4/h6-11,14,16-17H,12-13,15H2,1-5H3,(H,25,26). The van der Waals surface area contributed by atoms with Gasteiger partial charge in [0.15, 0.2) is 18.1 Å². The van der Waals surface area contributed by atoms with Crippen LogP contribution in [0.4, 0.5) is 5.69 Å². The van der Waals surface area contributed by atoms with Crippen molar-refractivity contribution in [2.24, 2.45) is 5.92 Å². The fourth-order valence-corrected chi connectivity index (χ4v) is 2.83. The summed E-state index contributed by atoms with van der Waals surface area (Å²) >= 11 is 0. The first kappa shape index (κ1) is 23.3. The van der Waals surface area contributed by atoms with Crippen LogP contribution >= 0.6 is 0 Å². The van der Waals surface area contributed by atoms with Gasteiger partial charge >= 0.3 is 5.97 Å². The number of anilines is 1. The molecule has 1 amide bonds. The van der Waals surface area contributed by atoms with E-state index in [1.807, 2.05) is 24.3 Å². The minimum atomic E-state index is -0.602. The third-order valence-electron chi connectivity index (χ3n) is 4.54. The summed E-state index contributed by atoms with van der Waals surface area (Å²) in [6.45, 7) is 8.54. The average molecular weight is 414 g/mol. The van der Waals surface area contributed by atoms with Crippen molar-refractivity contribution in [2.75, 3.05) is 25.6 Å². The second-order valence-electron chi connectivity index (χ2n) is 7.76. The number of ether oxygens (including phenoxy) is 3. The molecule has 0 bridgehead atoms. The summed E-state index contributed by atoms with van der Waals surface area (Å²) in [5.41, 5.74) is 2.03. The highest BCUT2D eigenvalue weighted by atomic mass is 16.5. The van der Waals surface area contributed by atoms with Crippen LogP contribution in [0, 0.1) is 5.92 Å². The smallest absolute Gasteiger partial charge is 0.338 e. The molecule has 0 fully saturated rings. The van der Waals surface area contributed by atoms with Crippen molar-refractivity contribution in [1.29, 1.82) is 0 Å². The van der Waals surface area contributed by atoms with Crippen molar-refractivity contribution < 1.29 is 23.8 Å². The van der Waals surface area contributed by atoms with Crippen LogP contribution in [0.3, 0.4) is 0 Å². The summed E-state index contributed by atoms with van der Waals surface area (Å²) in [4.78, 5) is 24.6. The quantitative estimate of drug-likeness (QED) is 0.553. The summed E-state index contributed by atoms with van der Waals surface area (Å²) in [7, 11) is 1.51. The topological polar surface area (TPSA) is 73.9 Å². The zero-order chi connectivity index (χ0) is 22.1. The van der Waals surface area contributed by atoms with Crippen LogP contribution in [0.1, 0.15) is 56.0 Å². The summed E-state index contributed by atoms with van der Waals surface area (Å²) in [6.07, 6.45) is 0.919. The third kappa shape index (κ3) is 6.79. The van der Waals surface area contributed by atoms with Crippen LogP contribution in [0.2, 0.25) is 0 Å². The van der Waals surface area contributed by atoms with Crippen LogP contribution in [0.25, 0.3) is 0 Å². The van der Waals surface area contributed by atoms with Crippen molar-refractivity contribution in [2.45, 2.75) is 40.0 Å². The van der Waals surface area contributed by atoms with Gasteiger partial charge in [0.1, 0.15) is 0 Å². The molecule has 2 aromatic carbocycles. The first-order valence-electron chi connectivity index (χ1n) is 10.2. The Hall–Kier alpha value is -3.02. The molecule has 1 N–H and O–H groups in total. The zero-order valence-electron chi connectivity index (χ0n) is 18.4. The van der Waals surface area contributed by atoms with Gasteiger partial charge in [-0.05, 0) is 48.1 Å². The summed E-state index contributed by atoms with van der Waals surface area (Å²) in [5, 5.41) is 2.80. The number of nitrogens with one attached hydrogen (secondary N) is 1. The Morgan fingerprint density at radius 1 is 1.00 bits per heavy atom. The molecule has 0 aliphatic rings. The summed E-state index contributed by atoms with van der Waals surface area (Å²) in [6, 6.07) is 12.4. The van der Waals surface area contributed by atoms with Crippen molar-refractivity contribution in [3.63, 3.8) is 0 Å². The van der Waals surface area contributed by atoms with Gasteiger partial charge in [-0.25, -0.2) is 4.79 Å². The van der Waals surface area contributed by atoms with Gasteiger partial charge in [0, 0.05) is 5.69 Å². The predicted octanol–water partition coefficient (Wildman–Crippen LogP) is 5.04. The Balaban J connectivity index is 1.95. The highest BCUT2D eigenvalue weighted by Gasteiger charge is 2.15. The molecule has 0 saturated heterocycles. The summed E-state index contributed by atoms with van der Waals surface area (Å²) in [5.74, 6) is 0.814. The van der Waals surface area contributed by atoms with Crippen LogP contribution in [0.15, 0.2) is 42.5 Å². The number of hydrogen-bond donors (Lipinski definition) is 1. The largest absolute Gasteiger partial charge is 0.493 e. The molecule has 0 spiro atoms. The Bertz CT molecular complexity index is 860. The van der Waals surface area contributed by atoms with Gasteiger partial charge in [0.25, 0.3) is 5.91 Å². The molecule has 0 aromatic heterocycles. The first-order valence-corrected chi connectivity index (χ1v) is 10.2. The Morgan fingerprint density at radius 2 is 1.73 bits per heavy atom. The van der Waals surface area contributed by atoms with E-state index in [0.29, 0.717) is 29.6 Å². The van der Waals surface area contributed by atoms with Gasteiger partial charge in [0.05, 0.1) is 19.3 Å². The monoisotopic (exact) mass is 413 g/mol. The molecule has 2 aromatic rings. The van der Waals surface area contributed by atoms with Crippen LogP contribution in [-0.4, -0.2) is 32.2 Å². The highest BCUT2D eigenvalue weighted by molar-refractivity contribution is 5.96. The number of methoxy groups -OCH3 is 1. The minimum absolute atomic E-state index is 0.262. The molecule has 162 valence electrons. The molecule has 0 unspecified atom stereocenters. The van der Waals surface area contributed by atoms with Gasteiger partial charge in [0.2, 0.25) is 0 Å². The second kappa shape index (κ2) is 11.2. The number of para-hydroxylation sites is 1. The number of hydrogen-bond acceptors (Lipinski definition) is 5. The van der Waals surface area contributed by atoms with Crippen molar-refractivity contribution >= 4 is 17.6 Å². The average Bonchev–Trinajstić information content (AvgIpc) is 2.72. The molecule has 0 aliphatic carbocycles. The van der Waals surface area contributed by atoms with Gasteiger partial charge in [-0.2, -0.15) is 0 Å². The minimum Gasteiger partial charge on any atom is -0.493 e. The normalized spacial score (nSPS) is 10.8. The lowest BCUT2D eigenvalue weighted by atomic mass is 10.0. The lowest BCUT2D eigenvalue weighted by Gasteiger charge is -2.14. The lowest BCUT2D eigenvalue weighted by Crippen LogP contribution is -2.21. The fourth-order valence-electron chi connectivity index (χ4n) is 2.83. The SMILES string of the molecule is COc1cc(C(=O)OCC(=O)Nc2ccccc2C(C)C)ccc1OCCC(C)C. The Labute approximate surface area is 178 Å². The lowest BCUT2D eigenvalue weighted by molar-refractivity contribution is -0.119. The van der Waals surface area contributed by atoms with Gasteiger partial charge in [-0.15, -0.1) is 0 Å². The highest BCUT2D eigenvalue weighted by Crippen LogP contribution is 2.29.